The van der Waals surface area contributed by atoms with Crippen LogP contribution in [0.5, 0.6) is 0 Å². The number of aryl methyl sites for hydroxylation is 2. The van der Waals surface area contributed by atoms with Gasteiger partial charge in [0.15, 0.2) is 5.65 Å². The molecular formula is C30H38N4O5. The highest BCUT2D eigenvalue weighted by Crippen LogP contribution is 2.34. The number of fused-ring (bicyclic) bond motifs is 1. The van der Waals surface area contributed by atoms with Crippen LogP contribution < -0.4 is 10.2 Å². The number of amides is 3. The van der Waals surface area contributed by atoms with Crippen molar-refractivity contribution in [2.75, 3.05) is 11.9 Å². The van der Waals surface area contributed by atoms with Crippen LogP contribution in [0.4, 0.5) is 15.3 Å². The average Bonchev–Trinajstić information content (AvgIpc) is 3.11. The molecule has 0 radical (unpaired) electrons. The molecule has 0 bridgehead atoms. The maximum Gasteiger partial charge on any atom is 0.424 e. The van der Waals surface area contributed by atoms with Gasteiger partial charge in [0.25, 0.3) is 5.91 Å². The lowest BCUT2D eigenvalue weighted by Gasteiger charge is -2.30. The molecule has 1 aromatic carbocycles. The zero-order valence-corrected chi connectivity index (χ0v) is 24.2. The Labute approximate surface area is 229 Å². The Kier molecular flexibility index (Phi) is 8.53. The van der Waals surface area contributed by atoms with Crippen LogP contribution in [0.2, 0.25) is 0 Å². The molecule has 3 rings (SSSR count). The van der Waals surface area contributed by atoms with Crippen molar-refractivity contribution in [2.45, 2.75) is 73.0 Å². The van der Waals surface area contributed by atoms with E-state index in [-0.39, 0.29) is 23.6 Å². The summed E-state index contributed by atoms with van der Waals surface area (Å²) in [7, 11) is 1.53. The molecule has 9 nitrogen and oxygen atoms in total. The zero-order chi connectivity index (χ0) is 29.1. The number of allylic oxidation sites excluding steroid dienone is 1. The molecule has 0 aliphatic heterocycles. The van der Waals surface area contributed by atoms with E-state index in [4.69, 9.17) is 14.5 Å². The number of ether oxygens (including phenoxy) is 2. The molecule has 2 heterocycles. The fourth-order valence-electron chi connectivity index (χ4n) is 3.94. The fraction of sp³-hybridized carbons (Fsp3) is 0.400. The first-order valence-corrected chi connectivity index (χ1v) is 12.8. The Morgan fingerprint density at radius 3 is 2.05 bits per heavy atom. The first-order valence-electron chi connectivity index (χ1n) is 12.8. The molecule has 0 aliphatic rings. The summed E-state index contributed by atoms with van der Waals surface area (Å²) in [6.07, 6.45) is 3.83. The van der Waals surface area contributed by atoms with Gasteiger partial charge in [-0.1, -0.05) is 42.5 Å². The lowest BCUT2D eigenvalue weighted by atomic mass is 10.0. The molecule has 0 aliphatic carbocycles. The number of anilines is 1. The summed E-state index contributed by atoms with van der Waals surface area (Å²) >= 11 is 0. The summed E-state index contributed by atoms with van der Waals surface area (Å²) in [5, 5.41) is 2.67. The highest BCUT2D eigenvalue weighted by Gasteiger charge is 2.37. The molecule has 0 unspecified atom stereocenters. The Hall–Kier alpha value is -4.14. The van der Waals surface area contributed by atoms with Crippen molar-refractivity contribution in [3.05, 3.63) is 70.7 Å². The minimum Gasteiger partial charge on any atom is -0.443 e. The number of nitrogens with zero attached hydrogens (tertiary/aromatic N) is 3. The second-order valence-corrected chi connectivity index (χ2v) is 11.2. The van der Waals surface area contributed by atoms with Gasteiger partial charge in [0.1, 0.15) is 16.9 Å². The maximum absolute atomic E-state index is 13.7. The van der Waals surface area contributed by atoms with Crippen LogP contribution in [0.15, 0.2) is 42.6 Å². The van der Waals surface area contributed by atoms with Gasteiger partial charge in [0.05, 0.1) is 11.3 Å². The van der Waals surface area contributed by atoms with E-state index >= 15 is 0 Å². The Balaban J connectivity index is 2.37. The van der Waals surface area contributed by atoms with E-state index in [1.807, 2.05) is 56.3 Å². The number of imide groups is 1. The van der Waals surface area contributed by atoms with Crippen LogP contribution in [-0.4, -0.2) is 45.7 Å². The molecular weight excluding hydrogens is 496 g/mol. The number of aromatic nitrogens is 2. The molecule has 0 saturated carbocycles. The molecule has 1 N–H and O–H groups in total. The molecule has 208 valence electrons. The standard InChI is InChI=1S/C30H38N4O5/c1-19-20(2)33-18-23(26(35)31-9)22(17-13-16-21-14-11-10-12-15-21)24(25(33)32-19)34(27(36)38-29(3,4)5)28(37)39-30(6,7)8/h10-16,18H,17H2,1-9H3,(H,31,35)/b16-13+. The third-order valence-corrected chi connectivity index (χ3v) is 5.75. The van der Waals surface area contributed by atoms with E-state index in [0.29, 0.717) is 16.9 Å². The Bertz CT molecular complexity index is 1380. The van der Waals surface area contributed by atoms with Gasteiger partial charge in [-0.3, -0.25) is 4.79 Å². The molecule has 2 aromatic heterocycles. The van der Waals surface area contributed by atoms with E-state index in [9.17, 15) is 14.4 Å². The van der Waals surface area contributed by atoms with Gasteiger partial charge >= 0.3 is 12.2 Å². The number of carbonyl (C=O) groups excluding carboxylic acids is 3. The van der Waals surface area contributed by atoms with Crippen molar-refractivity contribution in [3.8, 4) is 0 Å². The van der Waals surface area contributed by atoms with E-state index in [0.717, 1.165) is 16.2 Å². The topological polar surface area (TPSA) is 102 Å². The zero-order valence-electron chi connectivity index (χ0n) is 24.2. The van der Waals surface area contributed by atoms with Crippen molar-refractivity contribution < 1.29 is 23.9 Å². The second kappa shape index (κ2) is 11.3. The SMILES string of the molecule is CNC(=O)c1cn2c(C)c(C)nc2c(N(C(=O)OC(C)(C)C)C(=O)OC(C)(C)C)c1C/C=C/c1ccccc1. The number of pyridine rings is 1. The van der Waals surface area contributed by atoms with Gasteiger partial charge in [0, 0.05) is 18.9 Å². The summed E-state index contributed by atoms with van der Waals surface area (Å²) in [4.78, 5) is 46.1. The molecule has 0 spiro atoms. The predicted octanol–water partition coefficient (Wildman–Crippen LogP) is 6.24. The van der Waals surface area contributed by atoms with E-state index in [1.54, 1.807) is 52.1 Å². The van der Waals surface area contributed by atoms with Crippen LogP contribution >= 0.6 is 0 Å². The van der Waals surface area contributed by atoms with Crippen LogP contribution in [0.25, 0.3) is 11.7 Å². The van der Waals surface area contributed by atoms with Gasteiger partial charge in [0.2, 0.25) is 0 Å². The molecule has 3 aromatic rings. The molecule has 0 fully saturated rings. The van der Waals surface area contributed by atoms with Gasteiger partial charge < -0.3 is 19.2 Å². The van der Waals surface area contributed by atoms with Crippen LogP contribution in [-0.2, 0) is 15.9 Å². The normalized spacial score (nSPS) is 12.0. The minimum absolute atomic E-state index is 0.133. The highest BCUT2D eigenvalue weighted by atomic mass is 16.6. The summed E-state index contributed by atoms with van der Waals surface area (Å²) in [5.74, 6) is -0.375. The van der Waals surface area contributed by atoms with Crippen molar-refractivity contribution >= 4 is 35.5 Å². The van der Waals surface area contributed by atoms with E-state index < -0.39 is 23.4 Å². The summed E-state index contributed by atoms with van der Waals surface area (Å²) in [6.45, 7) is 13.9. The Morgan fingerprint density at radius 1 is 0.974 bits per heavy atom. The van der Waals surface area contributed by atoms with Gasteiger partial charge in [-0.25, -0.2) is 14.6 Å². The first kappa shape index (κ1) is 29.4. The number of carbonyl (C=O) groups is 3. The molecule has 3 amide bonds. The van der Waals surface area contributed by atoms with Crippen LogP contribution in [0, 0.1) is 13.8 Å². The summed E-state index contributed by atoms with van der Waals surface area (Å²) < 4.78 is 13.0. The monoisotopic (exact) mass is 534 g/mol. The lowest BCUT2D eigenvalue weighted by Crippen LogP contribution is -2.44. The van der Waals surface area contributed by atoms with Crippen LogP contribution in [0.1, 0.15) is 74.4 Å². The third-order valence-electron chi connectivity index (χ3n) is 5.75. The third kappa shape index (κ3) is 7.04. The molecule has 0 atom stereocenters. The van der Waals surface area contributed by atoms with Crippen molar-refractivity contribution in [1.82, 2.24) is 14.7 Å². The fourth-order valence-corrected chi connectivity index (χ4v) is 3.94. The van der Waals surface area contributed by atoms with Crippen molar-refractivity contribution in [1.29, 1.82) is 0 Å². The number of imidazole rings is 1. The quantitative estimate of drug-likeness (QED) is 0.416. The average molecular weight is 535 g/mol. The van der Waals surface area contributed by atoms with Gasteiger partial charge in [-0.05, 0) is 72.9 Å². The summed E-state index contributed by atoms with van der Waals surface area (Å²) in [6, 6.07) is 9.69. The molecule has 9 heteroatoms. The highest BCUT2D eigenvalue weighted by molar-refractivity contribution is 6.14. The van der Waals surface area contributed by atoms with Gasteiger partial charge in [-0.15, -0.1) is 0 Å². The number of hydrogen-bond donors (Lipinski definition) is 1. The van der Waals surface area contributed by atoms with E-state index in [1.165, 1.54) is 7.05 Å². The second-order valence-electron chi connectivity index (χ2n) is 11.2. The minimum atomic E-state index is -0.931. The predicted molar refractivity (Wildman–Crippen MR) is 152 cm³/mol. The summed E-state index contributed by atoms with van der Waals surface area (Å²) in [5.41, 5.74) is 1.78. The number of nitrogens with one attached hydrogen (secondary N) is 1. The van der Waals surface area contributed by atoms with Crippen LogP contribution in [0.3, 0.4) is 0 Å². The molecule has 39 heavy (non-hydrogen) atoms. The lowest BCUT2D eigenvalue weighted by molar-refractivity contribution is 0.0430. The maximum atomic E-state index is 13.7. The van der Waals surface area contributed by atoms with E-state index in [2.05, 4.69) is 5.32 Å². The number of benzene rings is 1. The Morgan fingerprint density at radius 2 is 1.54 bits per heavy atom. The number of hydrogen-bond acceptors (Lipinski definition) is 6. The first-order chi connectivity index (χ1) is 18.1. The largest absolute Gasteiger partial charge is 0.443 e. The van der Waals surface area contributed by atoms with Crippen molar-refractivity contribution in [2.24, 2.45) is 0 Å². The smallest absolute Gasteiger partial charge is 0.424 e. The van der Waals surface area contributed by atoms with Gasteiger partial charge in [-0.2, -0.15) is 4.90 Å². The number of rotatable bonds is 5. The molecule has 0 saturated heterocycles. The van der Waals surface area contributed by atoms with Crippen molar-refractivity contribution in [3.63, 3.8) is 0 Å².